The lowest BCUT2D eigenvalue weighted by molar-refractivity contribution is -0.139. The summed E-state index contributed by atoms with van der Waals surface area (Å²) >= 11 is 7.47. The molecule has 2 N–H and O–H groups in total. The third-order valence-electron chi connectivity index (χ3n) is 4.61. The molecule has 0 saturated heterocycles. The number of halogens is 1. The van der Waals surface area contributed by atoms with Crippen molar-refractivity contribution in [2.75, 3.05) is 12.4 Å². The van der Waals surface area contributed by atoms with Crippen molar-refractivity contribution in [1.29, 1.82) is 0 Å². The monoisotopic (exact) mass is 465 g/mol. The van der Waals surface area contributed by atoms with E-state index in [1.165, 1.54) is 11.8 Å². The normalized spacial score (nSPS) is 16.0. The lowest BCUT2D eigenvalue weighted by Gasteiger charge is -2.28. The molecule has 2 heterocycles. The lowest BCUT2D eigenvalue weighted by atomic mass is 10.0. The predicted octanol–water partition coefficient (Wildman–Crippen LogP) is 3.05. The Morgan fingerprint density at radius 3 is 2.77 bits per heavy atom. The zero-order chi connectivity index (χ0) is 22.4. The molecule has 1 aliphatic heterocycles. The third kappa shape index (κ3) is 5.50. The van der Waals surface area contributed by atoms with Crippen LogP contribution in [0.25, 0.3) is 0 Å². The van der Waals surface area contributed by atoms with Crippen LogP contribution in [0.3, 0.4) is 0 Å². The zero-order valence-corrected chi connectivity index (χ0v) is 19.0. The number of ether oxygens (including phenoxy) is 2. The maximum atomic E-state index is 12.5. The molecule has 2 amide bonds. The molecule has 1 aromatic heterocycles. The van der Waals surface area contributed by atoms with Crippen LogP contribution in [-0.4, -0.2) is 45.2 Å². The van der Waals surface area contributed by atoms with Gasteiger partial charge in [-0.25, -0.2) is 9.59 Å². The van der Waals surface area contributed by atoms with Gasteiger partial charge in [0.1, 0.15) is 12.4 Å². The first-order chi connectivity index (χ1) is 14.9. The Hall–Kier alpha value is -2.72. The second-order valence-electron chi connectivity index (χ2n) is 6.64. The number of thioether (sulfide) groups is 1. The van der Waals surface area contributed by atoms with Crippen LogP contribution in [-0.2, 0) is 23.2 Å². The highest BCUT2D eigenvalue weighted by Gasteiger charge is 2.31. The molecule has 0 bridgehead atoms. The van der Waals surface area contributed by atoms with Crippen LogP contribution in [0.4, 0.5) is 4.79 Å². The third-order valence-corrected chi connectivity index (χ3v) is 5.97. The molecule has 2 aromatic rings. The minimum Gasteiger partial charge on any atom is -0.484 e. The van der Waals surface area contributed by atoms with E-state index in [-0.39, 0.29) is 19.2 Å². The first-order valence-corrected chi connectivity index (χ1v) is 11.2. The molecule has 1 aromatic carbocycles. The second kappa shape index (κ2) is 10.5. The van der Waals surface area contributed by atoms with Gasteiger partial charge in [0.15, 0.2) is 11.0 Å². The zero-order valence-electron chi connectivity index (χ0n) is 17.5. The van der Waals surface area contributed by atoms with Crippen molar-refractivity contribution >= 4 is 35.4 Å². The molecule has 11 heteroatoms. The molecule has 0 spiro atoms. The number of carbonyl (C=O) groups is 2. The van der Waals surface area contributed by atoms with Crippen LogP contribution in [0.2, 0.25) is 5.02 Å². The van der Waals surface area contributed by atoms with Crippen molar-refractivity contribution in [2.45, 2.75) is 38.1 Å². The Labute approximate surface area is 189 Å². The molecular formula is C20H24ClN5O4S. The quantitative estimate of drug-likeness (QED) is 0.433. The highest BCUT2D eigenvalue weighted by molar-refractivity contribution is 7.99. The summed E-state index contributed by atoms with van der Waals surface area (Å²) in [5.74, 6) is 1.07. The van der Waals surface area contributed by atoms with Crippen molar-refractivity contribution in [3.8, 4) is 5.75 Å². The van der Waals surface area contributed by atoms with E-state index in [2.05, 4.69) is 20.8 Å². The summed E-state index contributed by atoms with van der Waals surface area (Å²) in [6.07, 6.45) is 0.573. The van der Waals surface area contributed by atoms with E-state index in [9.17, 15) is 9.59 Å². The van der Waals surface area contributed by atoms with Crippen LogP contribution in [0.1, 0.15) is 26.1 Å². The molecule has 0 fully saturated rings. The number of hydrogen-bond acceptors (Lipinski definition) is 7. The Balaban J connectivity index is 1.72. The molecule has 0 radical (unpaired) electrons. The summed E-state index contributed by atoms with van der Waals surface area (Å²) in [6, 6.07) is 6.45. The molecular weight excluding hydrogens is 442 g/mol. The number of benzene rings is 1. The van der Waals surface area contributed by atoms with E-state index < -0.39 is 12.0 Å². The second-order valence-corrected chi connectivity index (χ2v) is 7.99. The number of amides is 2. The minimum atomic E-state index is -0.441. The van der Waals surface area contributed by atoms with Crippen LogP contribution < -0.4 is 15.4 Å². The largest absolute Gasteiger partial charge is 0.484 e. The SMILES string of the molecule is CCOC(=O)C1=C(CSc2nnc(COc3ccccc3Cl)n2C)NC(=O)NC1CC. The van der Waals surface area contributed by atoms with E-state index in [1.54, 1.807) is 23.6 Å². The van der Waals surface area contributed by atoms with Crippen LogP contribution >= 0.6 is 23.4 Å². The van der Waals surface area contributed by atoms with Gasteiger partial charge < -0.3 is 24.7 Å². The highest BCUT2D eigenvalue weighted by atomic mass is 35.5. The standard InChI is InChI=1S/C20H24ClN5O4S/c1-4-13-17(18(27)29-5-2)14(23-19(28)22-13)11-31-20-25-24-16(26(20)3)10-30-15-9-7-6-8-12(15)21/h6-9,13H,4-5,10-11H2,1-3H3,(H2,22,23,28). The van der Waals surface area contributed by atoms with E-state index in [4.69, 9.17) is 21.1 Å². The summed E-state index contributed by atoms with van der Waals surface area (Å²) in [7, 11) is 1.82. The van der Waals surface area contributed by atoms with E-state index in [0.717, 1.165) is 0 Å². The highest BCUT2D eigenvalue weighted by Crippen LogP contribution is 2.26. The minimum absolute atomic E-state index is 0.198. The molecule has 1 unspecified atom stereocenters. The van der Waals surface area contributed by atoms with E-state index in [0.29, 0.717) is 45.2 Å². The van der Waals surface area contributed by atoms with Crippen molar-refractivity contribution in [1.82, 2.24) is 25.4 Å². The number of aromatic nitrogens is 3. The fourth-order valence-electron chi connectivity index (χ4n) is 3.01. The summed E-state index contributed by atoms with van der Waals surface area (Å²) in [5.41, 5.74) is 0.941. The lowest BCUT2D eigenvalue weighted by Crippen LogP contribution is -2.50. The Bertz CT molecular complexity index is 994. The number of nitrogens with one attached hydrogen (secondary N) is 2. The summed E-state index contributed by atoms with van der Waals surface area (Å²) in [6.45, 7) is 4.09. The van der Waals surface area contributed by atoms with Crippen molar-refractivity contribution < 1.29 is 19.1 Å². The average molecular weight is 466 g/mol. The number of hydrogen-bond donors (Lipinski definition) is 2. The van der Waals surface area contributed by atoms with Gasteiger partial charge in [0, 0.05) is 18.5 Å². The van der Waals surface area contributed by atoms with Crippen LogP contribution in [0, 0.1) is 0 Å². The van der Waals surface area contributed by atoms with E-state index in [1.807, 2.05) is 26.1 Å². The molecule has 31 heavy (non-hydrogen) atoms. The molecule has 0 aliphatic carbocycles. The van der Waals surface area contributed by atoms with Gasteiger partial charge in [-0.1, -0.05) is 42.4 Å². The van der Waals surface area contributed by atoms with Gasteiger partial charge in [-0.05, 0) is 25.5 Å². The number of para-hydroxylation sites is 1. The van der Waals surface area contributed by atoms with Crippen LogP contribution in [0.5, 0.6) is 5.75 Å². The van der Waals surface area contributed by atoms with Gasteiger partial charge in [0.05, 0.1) is 23.2 Å². The Morgan fingerprint density at radius 1 is 1.29 bits per heavy atom. The van der Waals surface area contributed by atoms with Gasteiger partial charge in [-0.15, -0.1) is 10.2 Å². The summed E-state index contributed by atoms with van der Waals surface area (Å²) < 4.78 is 12.7. The topological polar surface area (TPSA) is 107 Å². The number of urea groups is 1. The van der Waals surface area contributed by atoms with Gasteiger partial charge in [-0.3, -0.25) is 0 Å². The first-order valence-electron chi connectivity index (χ1n) is 9.80. The first kappa shape index (κ1) is 23.0. The molecule has 1 aliphatic rings. The summed E-state index contributed by atoms with van der Waals surface area (Å²) in [5, 5.41) is 15.0. The molecule has 166 valence electrons. The molecule has 0 saturated carbocycles. The number of nitrogens with zero attached hydrogens (tertiary/aromatic N) is 3. The fraction of sp³-hybridized carbons (Fsp3) is 0.400. The van der Waals surface area contributed by atoms with Gasteiger partial charge >= 0.3 is 12.0 Å². The fourth-order valence-corrected chi connectivity index (χ4v) is 4.10. The van der Waals surface area contributed by atoms with Gasteiger partial charge in [0.2, 0.25) is 0 Å². The maximum Gasteiger partial charge on any atom is 0.337 e. The van der Waals surface area contributed by atoms with Crippen molar-refractivity contribution in [3.63, 3.8) is 0 Å². The van der Waals surface area contributed by atoms with Crippen LogP contribution in [0.15, 0.2) is 40.7 Å². The number of rotatable bonds is 9. The molecule has 3 rings (SSSR count). The molecule has 1 atom stereocenters. The average Bonchev–Trinajstić information content (AvgIpc) is 3.10. The number of esters is 1. The van der Waals surface area contributed by atoms with Crippen molar-refractivity contribution in [3.05, 3.63) is 46.4 Å². The Morgan fingerprint density at radius 2 is 2.06 bits per heavy atom. The Kier molecular flexibility index (Phi) is 7.80. The molecule has 9 nitrogen and oxygen atoms in total. The smallest absolute Gasteiger partial charge is 0.337 e. The predicted molar refractivity (Wildman–Crippen MR) is 117 cm³/mol. The maximum absolute atomic E-state index is 12.5. The number of carbonyl (C=O) groups excluding carboxylic acids is 2. The van der Waals surface area contributed by atoms with Gasteiger partial charge in [0.25, 0.3) is 0 Å². The summed E-state index contributed by atoms with van der Waals surface area (Å²) in [4.78, 5) is 24.5. The van der Waals surface area contributed by atoms with Gasteiger partial charge in [-0.2, -0.15) is 0 Å². The van der Waals surface area contributed by atoms with E-state index >= 15 is 0 Å². The van der Waals surface area contributed by atoms with Crippen molar-refractivity contribution in [2.24, 2.45) is 7.05 Å².